The molecule has 1 amide bonds. The fourth-order valence-electron chi connectivity index (χ4n) is 2.82. The highest BCUT2D eigenvalue weighted by Crippen LogP contribution is 2.31. The molecule has 3 aromatic rings. The van der Waals surface area contributed by atoms with E-state index >= 15 is 0 Å². The molecule has 0 spiro atoms. The molecule has 0 unspecified atom stereocenters. The number of nitrogens with zero attached hydrogens (tertiary/aromatic N) is 3. The van der Waals surface area contributed by atoms with Gasteiger partial charge in [0.25, 0.3) is 0 Å². The van der Waals surface area contributed by atoms with E-state index in [0.29, 0.717) is 5.75 Å². The van der Waals surface area contributed by atoms with Crippen molar-refractivity contribution in [1.29, 1.82) is 0 Å². The molecule has 0 saturated carbocycles. The Morgan fingerprint density at radius 3 is 2.63 bits per heavy atom. The number of thioether (sulfide) groups is 1. The zero-order valence-electron chi connectivity index (χ0n) is 16.3. The van der Waals surface area contributed by atoms with E-state index in [1.807, 2.05) is 32.0 Å². The molecule has 0 bridgehead atoms. The Labute approximate surface area is 168 Å². The Hall–Kier alpha value is -2.12. The third kappa shape index (κ3) is 4.09. The third-order valence-corrected chi connectivity index (χ3v) is 6.75. The Bertz CT molecular complexity index is 975. The van der Waals surface area contributed by atoms with E-state index in [-0.39, 0.29) is 5.91 Å². The first-order valence-electron chi connectivity index (χ1n) is 8.89. The highest BCUT2D eigenvalue weighted by molar-refractivity contribution is 7.99. The number of carbonyl (C=O) groups excluding carboxylic acids is 1. The summed E-state index contributed by atoms with van der Waals surface area (Å²) in [5, 5.41) is 14.6. The number of hydrogen-bond acceptors (Lipinski definition) is 5. The molecule has 0 atom stereocenters. The Kier molecular flexibility index (Phi) is 6.01. The van der Waals surface area contributed by atoms with Gasteiger partial charge in [-0.1, -0.05) is 23.9 Å². The van der Waals surface area contributed by atoms with Crippen molar-refractivity contribution in [3.63, 3.8) is 0 Å². The van der Waals surface area contributed by atoms with Crippen molar-refractivity contribution >= 4 is 34.7 Å². The Balaban J connectivity index is 1.72. The lowest BCUT2D eigenvalue weighted by molar-refractivity contribution is -0.113. The molecule has 0 aliphatic heterocycles. The summed E-state index contributed by atoms with van der Waals surface area (Å²) >= 11 is 3.14. The number of thiophene rings is 1. The predicted octanol–water partition coefficient (Wildman–Crippen LogP) is 4.99. The van der Waals surface area contributed by atoms with Crippen molar-refractivity contribution in [2.75, 3.05) is 11.1 Å². The molecule has 7 heteroatoms. The molecule has 1 N–H and O–H groups in total. The fraction of sp³-hybridized carbons (Fsp3) is 0.350. The summed E-state index contributed by atoms with van der Waals surface area (Å²) in [6.07, 6.45) is 0. The lowest BCUT2D eigenvalue weighted by atomic mass is 10.1. The number of rotatable bonds is 6. The van der Waals surface area contributed by atoms with Crippen molar-refractivity contribution in [1.82, 2.24) is 14.8 Å². The molecule has 0 aliphatic carbocycles. The summed E-state index contributed by atoms with van der Waals surface area (Å²) in [5.41, 5.74) is 5.49. The van der Waals surface area contributed by atoms with Gasteiger partial charge in [-0.3, -0.25) is 4.79 Å². The van der Waals surface area contributed by atoms with E-state index in [0.717, 1.165) is 39.9 Å². The van der Waals surface area contributed by atoms with Crippen LogP contribution in [0, 0.1) is 27.7 Å². The second-order valence-corrected chi connectivity index (χ2v) is 8.49. The lowest BCUT2D eigenvalue weighted by Gasteiger charge is -2.10. The lowest BCUT2D eigenvalue weighted by Crippen LogP contribution is -2.15. The number of aryl methyl sites for hydroxylation is 2. The fourth-order valence-corrected chi connectivity index (χ4v) is 4.48. The minimum atomic E-state index is -0.0385. The highest BCUT2D eigenvalue weighted by atomic mass is 32.2. The maximum Gasteiger partial charge on any atom is 0.234 e. The third-order valence-electron chi connectivity index (χ3n) is 4.77. The average molecular weight is 401 g/mol. The van der Waals surface area contributed by atoms with Gasteiger partial charge in [0, 0.05) is 28.1 Å². The van der Waals surface area contributed by atoms with Crippen LogP contribution in [-0.2, 0) is 11.3 Å². The number of nitrogens with one attached hydrogen (secondary N) is 1. The van der Waals surface area contributed by atoms with Crippen LogP contribution >= 0.6 is 23.1 Å². The van der Waals surface area contributed by atoms with Crippen LogP contribution < -0.4 is 5.32 Å². The monoisotopic (exact) mass is 400 g/mol. The van der Waals surface area contributed by atoms with Crippen LogP contribution in [0.3, 0.4) is 0 Å². The van der Waals surface area contributed by atoms with Crippen LogP contribution in [0.25, 0.3) is 11.4 Å². The van der Waals surface area contributed by atoms with Crippen LogP contribution in [0.4, 0.5) is 5.69 Å². The van der Waals surface area contributed by atoms with Crippen LogP contribution in [0.1, 0.15) is 28.5 Å². The van der Waals surface area contributed by atoms with E-state index in [2.05, 4.69) is 46.2 Å². The highest BCUT2D eigenvalue weighted by Gasteiger charge is 2.18. The van der Waals surface area contributed by atoms with Gasteiger partial charge in [0.15, 0.2) is 11.0 Å². The molecule has 142 valence electrons. The standard InChI is InChI=1S/C20H24N4OS2/c1-6-24-19(16-10-26-15(5)14(16)4)22-23-20(24)27-11-18(25)21-17-9-7-8-12(2)13(17)3/h7-10H,6,11H2,1-5H3,(H,21,25). The van der Waals surface area contributed by atoms with Crippen molar-refractivity contribution in [2.24, 2.45) is 0 Å². The minimum Gasteiger partial charge on any atom is -0.325 e. The van der Waals surface area contributed by atoms with E-state index < -0.39 is 0 Å². The molecule has 27 heavy (non-hydrogen) atoms. The number of anilines is 1. The first-order chi connectivity index (χ1) is 12.9. The van der Waals surface area contributed by atoms with E-state index in [1.165, 1.54) is 22.2 Å². The second-order valence-electron chi connectivity index (χ2n) is 6.47. The van der Waals surface area contributed by atoms with Gasteiger partial charge in [-0.25, -0.2) is 0 Å². The van der Waals surface area contributed by atoms with Crippen molar-refractivity contribution in [3.8, 4) is 11.4 Å². The number of carbonyl (C=O) groups is 1. The van der Waals surface area contributed by atoms with Crippen molar-refractivity contribution < 1.29 is 4.79 Å². The normalized spacial score (nSPS) is 11.0. The van der Waals surface area contributed by atoms with Gasteiger partial charge < -0.3 is 9.88 Å². The smallest absolute Gasteiger partial charge is 0.234 e. The molecule has 5 nitrogen and oxygen atoms in total. The molecular weight excluding hydrogens is 376 g/mol. The van der Waals surface area contributed by atoms with E-state index in [1.54, 1.807) is 11.3 Å². The van der Waals surface area contributed by atoms with Gasteiger partial charge in [-0.05, 0) is 57.4 Å². The van der Waals surface area contributed by atoms with Crippen molar-refractivity contribution in [2.45, 2.75) is 46.3 Å². The number of benzene rings is 1. The molecule has 2 heterocycles. The summed E-state index contributed by atoms with van der Waals surface area (Å²) in [4.78, 5) is 13.7. The largest absolute Gasteiger partial charge is 0.325 e. The SMILES string of the molecule is CCn1c(SCC(=O)Nc2cccc(C)c2C)nnc1-c1csc(C)c1C. The first kappa shape index (κ1) is 19.6. The summed E-state index contributed by atoms with van der Waals surface area (Å²) in [5.74, 6) is 1.13. The summed E-state index contributed by atoms with van der Waals surface area (Å²) in [6, 6.07) is 5.93. The molecule has 0 aliphatic rings. The number of amides is 1. The van der Waals surface area contributed by atoms with Gasteiger partial charge in [0.05, 0.1) is 5.75 Å². The summed E-state index contributed by atoms with van der Waals surface area (Å²) < 4.78 is 2.07. The quantitative estimate of drug-likeness (QED) is 0.592. The topological polar surface area (TPSA) is 59.8 Å². The number of aromatic nitrogens is 3. The molecule has 0 radical (unpaired) electrons. The van der Waals surface area contributed by atoms with Gasteiger partial charge >= 0.3 is 0 Å². The summed E-state index contributed by atoms with van der Waals surface area (Å²) in [6.45, 7) is 11.1. The summed E-state index contributed by atoms with van der Waals surface area (Å²) in [7, 11) is 0. The maximum atomic E-state index is 12.4. The first-order valence-corrected chi connectivity index (χ1v) is 10.8. The zero-order valence-corrected chi connectivity index (χ0v) is 17.9. The number of hydrogen-bond donors (Lipinski definition) is 1. The maximum absolute atomic E-state index is 12.4. The minimum absolute atomic E-state index is 0.0385. The molecule has 3 rings (SSSR count). The van der Waals surface area contributed by atoms with Crippen molar-refractivity contribution in [3.05, 3.63) is 45.1 Å². The van der Waals surface area contributed by atoms with Crippen LogP contribution in [-0.4, -0.2) is 26.4 Å². The van der Waals surface area contributed by atoms with Gasteiger partial charge in [0.2, 0.25) is 5.91 Å². The Morgan fingerprint density at radius 1 is 1.19 bits per heavy atom. The van der Waals surface area contributed by atoms with Gasteiger partial charge in [0.1, 0.15) is 0 Å². The van der Waals surface area contributed by atoms with Crippen LogP contribution in [0.5, 0.6) is 0 Å². The Morgan fingerprint density at radius 2 is 1.96 bits per heavy atom. The molecule has 1 aromatic carbocycles. The van der Waals surface area contributed by atoms with Crippen LogP contribution in [0.2, 0.25) is 0 Å². The average Bonchev–Trinajstić information content (AvgIpc) is 3.20. The predicted molar refractivity (Wildman–Crippen MR) is 114 cm³/mol. The van der Waals surface area contributed by atoms with Gasteiger partial charge in [-0.2, -0.15) is 0 Å². The molecule has 0 fully saturated rings. The molecule has 2 aromatic heterocycles. The second kappa shape index (κ2) is 8.27. The molecule has 0 saturated heterocycles. The van der Waals surface area contributed by atoms with E-state index in [9.17, 15) is 4.79 Å². The van der Waals surface area contributed by atoms with Crippen LogP contribution in [0.15, 0.2) is 28.7 Å². The van der Waals surface area contributed by atoms with Gasteiger partial charge in [-0.15, -0.1) is 21.5 Å². The molecular formula is C20H24N4OS2. The zero-order chi connectivity index (χ0) is 19.6. The van der Waals surface area contributed by atoms with E-state index in [4.69, 9.17) is 0 Å².